The molecular formula is C44H44IrN3O2-. The first-order chi connectivity index (χ1) is 23.8. The molecule has 3 heterocycles. The molecule has 257 valence electrons. The Balaban J connectivity index is 0.000000261. The topological polar surface area (TPSA) is 68.0 Å². The summed E-state index contributed by atoms with van der Waals surface area (Å²) in [6.45, 7) is 10.1. The van der Waals surface area contributed by atoms with E-state index in [1.165, 1.54) is 33.9 Å². The van der Waals surface area contributed by atoms with Gasteiger partial charge in [0.2, 0.25) is 0 Å². The van der Waals surface area contributed by atoms with Gasteiger partial charge in [0.25, 0.3) is 0 Å². The van der Waals surface area contributed by atoms with Crippen LogP contribution in [0, 0.1) is 24.8 Å². The number of aliphatic hydroxyl groups excluding tert-OH is 1. The molecule has 0 spiro atoms. The van der Waals surface area contributed by atoms with Crippen molar-refractivity contribution in [3.63, 3.8) is 0 Å². The number of carbonyl (C=O) groups excluding carboxylic acids is 1. The summed E-state index contributed by atoms with van der Waals surface area (Å²) < 4.78 is 2.21. The molecule has 1 aliphatic rings. The van der Waals surface area contributed by atoms with E-state index >= 15 is 0 Å². The second kappa shape index (κ2) is 16.4. The van der Waals surface area contributed by atoms with E-state index in [1.54, 1.807) is 0 Å². The fourth-order valence-corrected chi connectivity index (χ4v) is 6.73. The number of pyridine rings is 1. The SMILES string of the molecule is CCC(CC)C(=O)/C=C(\O)C(CC)CC.Cc1nc2cnc3cc2n1-c1cccc(c1)-c1cccc(c1)-c1cccc(c1)-c1cc[c-]c-3c1.[Ir]. The van der Waals surface area contributed by atoms with Gasteiger partial charge in [-0.05, 0) is 90.4 Å². The van der Waals surface area contributed by atoms with Crippen molar-refractivity contribution in [2.75, 3.05) is 0 Å². The standard InChI is InChI=1S/C31H20N3.C13H24O2.Ir/c1-20-33-30-19-32-29-18-31(30)34(20)28-13-5-11-26(17-28)24-9-3-7-22(15-24)21-6-2-8-23(14-21)25-10-4-12-27(29)16-25;1-5-10(6-2)12(14)9-13(15)11(7-3)8-4;/h2-11,13-19H,1H3;9-11,14H,5-8H2,1-4H3;/q-1;;/b;12-9-;. The average molecular weight is 839 g/mol. The Kier molecular flexibility index (Phi) is 12.0. The predicted octanol–water partition coefficient (Wildman–Crippen LogP) is 11.4. The van der Waals surface area contributed by atoms with Crippen LogP contribution < -0.4 is 0 Å². The second-order valence-corrected chi connectivity index (χ2v) is 12.8. The molecule has 0 fully saturated rings. The van der Waals surface area contributed by atoms with Crippen LogP contribution in [-0.2, 0) is 24.9 Å². The van der Waals surface area contributed by atoms with Gasteiger partial charge in [0.05, 0.1) is 11.3 Å². The van der Waals surface area contributed by atoms with E-state index in [0.29, 0.717) is 0 Å². The molecule has 1 aliphatic heterocycles. The van der Waals surface area contributed by atoms with Crippen LogP contribution in [0.4, 0.5) is 0 Å². The van der Waals surface area contributed by atoms with Gasteiger partial charge in [0.1, 0.15) is 11.3 Å². The minimum absolute atomic E-state index is 0. The van der Waals surface area contributed by atoms with Crippen molar-refractivity contribution < 1.29 is 30.0 Å². The number of hydrogen-bond donors (Lipinski definition) is 1. The third-order valence-electron chi connectivity index (χ3n) is 9.70. The molecule has 1 N–H and O–H groups in total. The van der Waals surface area contributed by atoms with Crippen LogP contribution in [0.1, 0.15) is 59.2 Å². The Morgan fingerprint density at radius 1 is 0.760 bits per heavy atom. The van der Waals surface area contributed by atoms with Gasteiger partial charge < -0.3 is 10.1 Å². The largest absolute Gasteiger partial charge is 0.512 e. The van der Waals surface area contributed by atoms with E-state index in [1.807, 2.05) is 46.9 Å². The molecule has 0 atom stereocenters. The van der Waals surface area contributed by atoms with Gasteiger partial charge in [0, 0.05) is 49.9 Å². The smallest absolute Gasteiger partial charge is 0.162 e. The summed E-state index contributed by atoms with van der Waals surface area (Å²) in [7, 11) is 0. The molecule has 0 saturated heterocycles. The molecule has 5 nitrogen and oxygen atoms in total. The van der Waals surface area contributed by atoms with Crippen molar-refractivity contribution >= 4 is 16.8 Å². The quantitative estimate of drug-likeness (QED) is 0.0986. The second-order valence-electron chi connectivity index (χ2n) is 12.8. The number of rotatable bonds is 7. The number of nitrogens with zero attached hydrogens (tertiary/aromatic N) is 3. The minimum Gasteiger partial charge on any atom is -0.512 e. The molecule has 10 bridgehead atoms. The minimum atomic E-state index is 0. The number of allylic oxidation sites excluding steroid dienone is 2. The molecule has 4 aromatic carbocycles. The molecule has 0 saturated carbocycles. The van der Waals surface area contributed by atoms with Crippen molar-refractivity contribution in [1.82, 2.24) is 14.5 Å². The van der Waals surface area contributed by atoms with E-state index in [0.717, 1.165) is 65.0 Å². The van der Waals surface area contributed by atoms with Crippen molar-refractivity contribution in [1.29, 1.82) is 0 Å². The predicted molar refractivity (Wildman–Crippen MR) is 202 cm³/mol. The molecule has 1 radical (unpaired) electrons. The number of imidazole rings is 1. The van der Waals surface area contributed by atoms with Gasteiger partial charge in [0.15, 0.2) is 5.78 Å². The van der Waals surface area contributed by atoms with Gasteiger partial charge >= 0.3 is 0 Å². The normalized spacial score (nSPS) is 11.7. The zero-order valence-corrected chi connectivity index (χ0v) is 31.8. The Morgan fingerprint density at radius 3 is 1.88 bits per heavy atom. The third kappa shape index (κ3) is 7.72. The number of aromatic nitrogens is 3. The van der Waals surface area contributed by atoms with Crippen molar-refractivity contribution in [2.45, 2.75) is 60.3 Å². The van der Waals surface area contributed by atoms with Crippen LogP contribution >= 0.6 is 0 Å². The van der Waals surface area contributed by atoms with Gasteiger partial charge in [-0.1, -0.05) is 82.3 Å². The summed E-state index contributed by atoms with van der Waals surface area (Å²) in [5, 5.41) is 9.76. The summed E-state index contributed by atoms with van der Waals surface area (Å²) in [6, 6.07) is 37.9. The maximum absolute atomic E-state index is 11.7. The van der Waals surface area contributed by atoms with E-state index < -0.39 is 0 Å². The maximum atomic E-state index is 11.7. The first kappa shape index (κ1) is 36.6. The fraction of sp³-hybridized carbons (Fsp3) is 0.250. The van der Waals surface area contributed by atoms with Crippen LogP contribution in [0.2, 0.25) is 0 Å². The fourth-order valence-electron chi connectivity index (χ4n) is 6.73. The summed E-state index contributed by atoms with van der Waals surface area (Å²) in [5.41, 5.74) is 12.0. The van der Waals surface area contributed by atoms with E-state index in [2.05, 4.69) is 102 Å². The Labute approximate surface area is 309 Å². The zero-order valence-electron chi connectivity index (χ0n) is 29.4. The number of aliphatic hydroxyl groups is 1. The van der Waals surface area contributed by atoms with Gasteiger partial charge in [-0.3, -0.25) is 9.36 Å². The number of benzene rings is 4. The third-order valence-corrected chi connectivity index (χ3v) is 9.70. The average Bonchev–Trinajstić information content (AvgIpc) is 3.47. The van der Waals surface area contributed by atoms with Crippen LogP contribution in [0.5, 0.6) is 0 Å². The number of ketones is 1. The van der Waals surface area contributed by atoms with Crippen LogP contribution in [0.25, 0.3) is 61.4 Å². The van der Waals surface area contributed by atoms with Crippen LogP contribution in [0.3, 0.4) is 0 Å². The molecular weight excluding hydrogens is 795 g/mol. The molecule has 0 unspecified atom stereocenters. The number of aryl methyl sites for hydroxylation is 1. The van der Waals surface area contributed by atoms with Crippen LogP contribution in [0.15, 0.2) is 115 Å². The molecule has 50 heavy (non-hydrogen) atoms. The number of hydrogen-bond acceptors (Lipinski definition) is 4. The van der Waals surface area contributed by atoms with Gasteiger partial charge in [-0.15, -0.1) is 35.4 Å². The molecule has 6 heteroatoms. The molecule has 0 aliphatic carbocycles. The molecule has 0 amide bonds. The van der Waals surface area contributed by atoms with Crippen molar-refractivity contribution in [3.8, 4) is 50.3 Å². The Hall–Kier alpha value is -4.64. The zero-order chi connectivity index (χ0) is 34.5. The molecule has 7 rings (SSSR count). The van der Waals surface area contributed by atoms with Gasteiger partial charge in [-0.25, -0.2) is 4.98 Å². The van der Waals surface area contributed by atoms with E-state index in [-0.39, 0.29) is 43.5 Å². The maximum Gasteiger partial charge on any atom is 0.162 e. The summed E-state index contributed by atoms with van der Waals surface area (Å²) >= 11 is 0. The number of fused-ring (bicyclic) bond motifs is 14. The monoisotopic (exact) mass is 839 g/mol. The van der Waals surface area contributed by atoms with Gasteiger partial charge in [-0.2, -0.15) is 0 Å². The summed E-state index contributed by atoms with van der Waals surface area (Å²) in [5.74, 6) is 1.49. The molecule has 6 aromatic rings. The first-order valence-corrected chi connectivity index (χ1v) is 17.5. The van der Waals surface area contributed by atoms with Crippen LogP contribution in [-0.4, -0.2) is 25.4 Å². The Bertz CT molecular complexity index is 2140. The number of carbonyl (C=O) groups is 1. The molecule has 2 aromatic heterocycles. The Morgan fingerprint density at radius 2 is 1.30 bits per heavy atom. The summed E-state index contributed by atoms with van der Waals surface area (Å²) in [4.78, 5) is 21.2. The summed E-state index contributed by atoms with van der Waals surface area (Å²) in [6.07, 6.45) is 6.77. The first-order valence-electron chi connectivity index (χ1n) is 17.5. The van der Waals surface area contributed by atoms with Crippen molar-refractivity contribution in [3.05, 3.63) is 127 Å². The van der Waals surface area contributed by atoms with Crippen molar-refractivity contribution in [2.24, 2.45) is 11.8 Å². The van der Waals surface area contributed by atoms with E-state index in [9.17, 15) is 9.90 Å². The van der Waals surface area contributed by atoms with E-state index in [4.69, 9.17) is 9.97 Å².